The van der Waals surface area contributed by atoms with Crippen molar-refractivity contribution in [1.82, 2.24) is 14.5 Å². The molecular formula is C49H33N3O. The number of rotatable bonds is 4. The van der Waals surface area contributed by atoms with Gasteiger partial charge >= 0.3 is 0 Å². The zero-order valence-electron chi connectivity index (χ0n) is 29.3. The fourth-order valence-corrected chi connectivity index (χ4v) is 8.73. The molecule has 0 saturated carbocycles. The highest BCUT2D eigenvalue weighted by Crippen LogP contribution is 2.54. The molecular weight excluding hydrogens is 647 g/mol. The van der Waals surface area contributed by atoms with Crippen molar-refractivity contribution in [2.75, 3.05) is 0 Å². The summed E-state index contributed by atoms with van der Waals surface area (Å²) in [6.45, 7) is 4.73. The van der Waals surface area contributed by atoms with Crippen LogP contribution in [0.15, 0.2) is 168 Å². The highest BCUT2D eigenvalue weighted by Gasteiger charge is 2.39. The third-order valence-corrected chi connectivity index (χ3v) is 11.2. The summed E-state index contributed by atoms with van der Waals surface area (Å²) < 4.78 is 8.79. The summed E-state index contributed by atoms with van der Waals surface area (Å²) in [4.78, 5) is 10.2. The van der Waals surface area contributed by atoms with Gasteiger partial charge in [-0.15, -0.1) is 0 Å². The second-order valence-corrected chi connectivity index (χ2v) is 14.6. The van der Waals surface area contributed by atoms with E-state index in [2.05, 4.69) is 152 Å². The number of nitrogens with zero attached hydrogens (tertiary/aromatic N) is 3. The van der Waals surface area contributed by atoms with E-state index < -0.39 is 0 Å². The first-order chi connectivity index (χ1) is 26.0. The number of hydrogen-bond acceptors (Lipinski definition) is 3. The molecule has 53 heavy (non-hydrogen) atoms. The maximum absolute atomic E-state index is 6.37. The van der Waals surface area contributed by atoms with Gasteiger partial charge in [-0.3, -0.25) is 0 Å². The molecule has 0 bridgehead atoms. The van der Waals surface area contributed by atoms with Gasteiger partial charge in [-0.2, -0.15) is 0 Å². The summed E-state index contributed by atoms with van der Waals surface area (Å²) in [5.41, 5.74) is 15.2. The van der Waals surface area contributed by atoms with Crippen LogP contribution in [-0.4, -0.2) is 14.5 Å². The fourth-order valence-electron chi connectivity index (χ4n) is 8.73. The van der Waals surface area contributed by atoms with Gasteiger partial charge in [0.1, 0.15) is 11.2 Å². The van der Waals surface area contributed by atoms with Gasteiger partial charge in [0, 0.05) is 49.3 Å². The predicted octanol–water partition coefficient (Wildman–Crippen LogP) is 12.8. The molecule has 1 aliphatic rings. The van der Waals surface area contributed by atoms with Crippen molar-refractivity contribution >= 4 is 43.7 Å². The quantitative estimate of drug-likeness (QED) is 0.186. The monoisotopic (exact) mass is 679 g/mol. The number of aromatic nitrogens is 3. The number of benzene rings is 7. The Morgan fingerprint density at radius 1 is 0.491 bits per heavy atom. The number of hydrogen-bond donors (Lipinski definition) is 0. The Kier molecular flexibility index (Phi) is 6.27. The fraction of sp³-hybridized carbons (Fsp3) is 0.0612. The molecule has 10 aromatic rings. The van der Waals surface area contributed by atoms with Crippen LogP contribution in [0.25, 0.3) is 94.5 Å². The summed E-state index contributed by atoms with van der Waals surface area (Å²) in [7, 11) is 0. The Bertz CT molecular complexity index is 3020. The van der Waals surface area contributed by atoms with Gasteiger partial charge in [0.05, 0.1) is 22.4 Å². The van der Waals surface area contributed by atoms with Crippen molar-refractivity contribution in [3.05, 3.63) is 175 Å². The van der Waals surface area contributed by atoms with Crippen LogP contribution < -0.4 is 0 Å². The van der Waals surface area contributed by atoms with E-state index in [1.54, 1.807) is 0 Å². The van der Waals surface area contributed by atoms with Crippen LogP contribution in [0.1, 0.15) is 25.0 Å². The largest absolute Gasteiger partial charge is 0.456 e. The van der Waals surface area contributed by atoms with Gasteiger partial charge in [-0.25, -0.2) is 9.97 Å². The maximum atomic E-state index is 6.37. The second kappa shape index (κ2) is 11.1. The van der Waals surface area contributed by atoms with E-state index in [4.69, 9.17) is 14.4 Å². The van der Waals surface area contributed by atoms with Gasteiger partial charge in [0.15, 0.2) is 5.82 Å². The second-order valence-electron chi connectivity index (χ2n) is 14.6. The van der Waals surface area contributed by atoms with Crippen molar-refractivity contribution in [2.24, 2.45) is 0 Å². The van der Waals surface area contributed by atoms with Crippen LogP contribution in [0.5, 0.6) is 0 Å². The third kappa shape index (κ3) is 4.42. The van der Waals surface area contributed by atoms with Gasteiger partial charge in [-0.05, 0) is 70.8 Å². The molecule has 0 saturated heterocycles. The summed E-state index contributed by atoms with van der Waals surface area (Å²) in [6, 6.07) is 57.9. The minimum Gasteiger partial charge on any atom is -0.456 e. The van der Waals surface area contributed by atoms with Crippen molar-refractivity contribution in [3.63, 3.8) is 0 Å². The molecule has 7 aromatic carbocycles. The Hall–Kier alpha value is -6.78. The van der Waals surface area contributed by atoms with Gasteiger partial charge in [0.25, 0.3) is 0 Å². The molecule has 0 radical (unpaired) electrons. The highest BCUT2D eigenvalue weighted by molar-refractivity contribution is 6.14. The molecule has 0 spiro atoms. The van der Waals surface area contributed by atoms with Crippen LogP contribution in [0, 0.1) is 0 Å². The van der Waals surface area contributed by atoms with Gasteiger partial charge in [0.2, 0.25) is 0 Å². The summed E-state index contributed by atoms with van der Waals surface area (Å²) in [6.07, 6.45) is 0. The lowest BCUT2D eigenvalue weighted by Gasteiger charge is -2.22. The van der Waals surface area contributed by atoms with Crippen molar-refractivity contribution in [2.45, 2.75) is 19.3 Å². The molecule has 0 N–H and O–H groups in total. The zero-order chi connectivity index (χ0) is 35.3. The molecule has 250 valence electrons. The molecule has 3 aromatic heterocycles. The number of fused-ring (bicyclic) bond motifs is 10. The first-order valence-electron chi connectivity index (χ1n) is 18.2. The molecule has 0 amide bonds. The molecule has 4 nitrogen and oxygen atoms in total. The smallest absolute Gasteiger partial charge is 0.160 e. The normalized spacial score (nSPS) is 13.2. The molecule has 3 heterocycles. The van der Waals surface area contributed by atoms with Crippen molar-refractivity contribution in [1.29, 1.82) is 0 Å². The maximum Gasteiger partial charge on any atom is 0.160 e. The molecule has 1 aliphatic carbocycles. The lowest BCUT2D eigenvalue weighted by Crippen LogP contribution is -2.15. The topological polar surface area (TPSA) is 43.9 Å². The van der Waals surface area contributed by atoms with Crippen LogP contribution in [0.3, 0.4) is 0 Å². The van der Waals surface area contributed by atoms with E-state index >= 15 is 0 Å². The number of furan rings is 1. The molecule has 0 aliphatic heterocycles. The van der Waals surface area contributed by atoms with E-state index in [1.165, 1.54) is 54.8 Å². The average molecular weight is 680 g/mol. The van der Waals surface area contributed by atoms with Crippen LogP contribution in [0.2, 0.25) is 0 Å². The summed E-state index contributed by atoms with van der Waals surface area (Å²) >= 11 is 0. The molecule has 11 rings (SSSR count). The van der Waals surface area contributed by atoms with Crippen LogP contribution in [0.4, 0.5) is 0 Å². The van der Waals surface area contributed by atoms with Gasteiger partial charge < -0.3 is 8.98 Å². The van der Waals surface area contributed by atoms with Crippen molar-refractivity contribution in [3.8, 4) is 50.7 Å². The Morgan fingerprint density at radius 2 is 1.17 bits per heavy atom. The SMILES string of the molecule is CC1(C)c2cc3c(cc2-c2ccc4oc5ccccc5c4c21)c1ccccc1n3-c1cccc(-c2cc(-c3ccccc3)nc(-c3ccccc3)n2)c1. The van der Waals surface area contributed by atoms with E-state index in [0.717, 1.165) is 44.9 Å². The van der Waals surface area contributed by atoms with E-state index in [0.29, 0.717) is 5.82 Å². The first kappa shape index (κ1) is 29.9. The third-order valence-electron chi connectivity index (χ3n) is 11.2. The van der Waals surface area contributed by atoms with Gasteiger partial charge in [-0.1, -0.05) is 129 Å². The molecule has 0 atom stereocenters. The lowest BCUT2D eigenvalue weighted by atomic mass is 9.80. The lowest BCUT2D eigenvalue weighted by molar-refractivity contribution is 0.657. The number of para-hydroxylation sites is 2. The standard InChI is InChI=1S/C49H33N3O/c1-49(2)39-28-43-38(27-37(39)35-24-25-45-46(47(35)49)36-21-10-12-23-44(36)53-45)34-20-9-11-22-42(34)52(43)33-19-13-18-32(26-33)41-29-40(30-14-5-3-6-15-30)50-48(51-41)31-16-7-4-8-17-31/h3-29H,1-2H3. The zero-order valence-corrected chi connectivity index (χ0v) is 29.3. The minimum atomic E-state index is -0.239. The minimum absolute atomic E-state index is 0.239. The van der Waals surface area contributed by atoms with E-state index in [1.807, 2.05) is 30.3 Å². The average Bonchev–Trinajstić information content (AvgIpc) is 3.82. The molecule has 0 unspecified atom stereocenters. The Morgan fingerprint density at radius 3 is 1.98 bits per heavy atom. The van der Waals surface area contributed by atoms with E-state index in [9.17, 15) is 0 Å². The van der Waals surface area contributed by atoms with Crippen molar-refractivity contribution < 1.29 is 4.42 Å². The predicted molar refractivity (Wildman–Crippen MR) is 218 cm³/mol. The Balaban J connectivity index is 1.12. The van der Waals surface area contributed by atoms with Crippen LogP contribution >= 0.6 is 0 Å². The summed E-state index contributed by atoms with van der Waals surface area (Å²) in [5.74, 6) is 0.709. The molecule has 4 heteroatoms. The summed E-state index contributed by atoms with van der Waals surface area (Å²) in [5, 5.41) is 4.87. The highest BCUT2D eigenvalue weighted by atomic mass is 16.3. The Labute approximate surface area is 306 Å². The van der Waals surface area contributed by atoms with Crippen LogP contribution in [-0.2, 0) is 5.41 Å². The van der Waals surface area contributed by atoms with E-state index in [-0.39, 0.29) is 5.41 Å². The molecule has 0 fully saturated rings. The first-order valence-corrected chi connectivity index (χ1v) is 18.2.